The quantitative estimate of drug-likeness (QED) is 0.898. The van der Waals surface area contributed by atoms with Gasteiger partial charge in [0, 0.05) is 32.4 Å². The van der Waals surface area contributed by atoms with E-state index in [1.54, 1.807) is 0 Å². The highest BCUT2D eigenvalue weighted by Crippen LogP contribution is 2.17. The van der Waals surface area contributed by atoms with Crippen molar-refractivity contribution in [1.82, 2.24) is 15.2 Å². The zero-order valence-corrected chi connectivity index (χ0v) is 13.0. The Bertz CT molecular complexity index is 395. The van der Waals surface area contributed by atoms with Gasteiger partial charge in [-0.15, -0.1) is 0 Å². The zero-order valence-electron chi connectivity index (χ0n) is 13.0. The summed E-state index contributed by atoms with van der Waals surface area (Å²) >= 11 is 0. The number of aromatic nitrogens is 1. The Kier molecular flexibility index (Phi) is 5.46. The third-order valence-corrected chi connectivity index (χ3v) is 4.83. The summed E-state index contributed by atoms with van der Waals surface area (Å²) in [5.41, 5.74) is 0. The molecule has 1 aromatic rings. The molecule has 0 aliphatic carbocycles. The molecule has 3 heterocycles. The number of rotatable bonds is 5. The molecule has 0 amide bonds. The Hall–Kier alpha value is -1.13. The second kappa shape index (κ2) is 7.76. The molecule has 4 heteroatoms. The van der Waals surface area contributed by atoms with Crippen LogP contribution in [0.1, 0.15) is 25.7 Å². The fraction of sp³-hybridized carbons (Fsp3) is 0.706. The fourth-order valence-electron chi connectivity index (χ4n) is 3.52. The average molecular weight is 288 g/mol. The third-order valence-electron chi connectivity index (χ3n) is 4.83. The summed E-state index contributed by atoms with van der Waals surface area (Å²) in [6.45, 7) is 8.33. The van der Waals surface area contributed by atoms with Crippen molar-refractivity contribution in [2.24, 2.45) is 5.92 Å². The van der Waals surface area contributed by atoms with E-state index in [1.165, 1.54) is 58.4 Å². The van der Waals surface area contributed by atoms with Crippen molar-refractivity contribution < 1.29 is 0 Å². The number of nitrogens with zero attached hydrogens (tertiary/aromatic N) is 3. The maximum absolute atomic E-state index is 4.45. The molecule has 1 unspecified atom stereocenters. The van der Waals surface area contributed by atoms with Crippen molar-refractivity contribution in [3.05, 3.63) is 24.4 Å². The van der Waals surface area contributed by atoms with E-state index in [4.69, 9.17) is 0 Å². The van der Waals surface area contributed by atoms with Gasteiger partial charge >= 0.3 is 0 Å². The van der Waals surface area contributed by atoms with Crippen molar-refractivity contribution in [1.29, 1.82) is 0 Å². The predicted molar refractivity (Wildman–Crippen MR) is 87.7 cm³/mol. The highest BCUT2D eigenvalue weighted by molar-refractivity contribution is 5.38. The highest BCUT2D eigenvalue weighted by Gasteiger charge is 2.18. The van der Waals surface area contributed by atoms with Crippen LogP contribution >= 0.6 is 0 Å². The lowest BCUT2D eigenvalue weighted by Gasteiger charge is -2.35. The zero-order chi connectivity index (χ0) is 14.3. The topological polar surface area (TPSA) is 31.4 Å². The van der Waals surface area contributed by atoms with Crippen LogP contribution in [0.15, 0.2) is 24.4 Å². The van der Waals surface area contributed by atoms with Gasteiger partial charge in [-0.05, 0) is 63.4 Å². The van der Waals surface area contributed by atoms with Crippen LogP contribution in [0.2, 0.25) is 0 Å². The van der Waals surface area contributed by atoms with E-state index in [9.17, 15) is 0 Å². The lowest BCUT2D eigenvalue weighted by Crippen LogP contribution is -2.47. The van der Waals surface area contributed by atoms with Crippen LogP contribution in [0, 0.1) is 5.92 Å². The van der Waals surface area contributed by atoms with Gasteiger partial charge in [-0.2, -0.15) is 0 Å². The molecule has 0 spiro atoms. The Morgan fingerprint density at radius 2 is 2.10 bits per heavy atom. The molecule has 2 fully saturated rings. The van der Waals surface area contributed by atoms with Crippen LogP contribution in [0.3, 0.4) is 0 Å². The van der Waals surface area contributed by atoms with Crippen LogP contribution in [-0.2, 0) is 0 Å². The number of pyridine rings is 1. The molecule has 1 aromatic heterocycles. The van der Waals surface area contributed by atoms with E-state index in [-0.39, 0.29) is 0 Å². The molecule has 3 rings (SSSR count). The second-order valence-corrected chi connectivity index (χ2v) is 6.37. The van der Waals surface area contributed by atoms with Crippen LogP contribution < -0.4 is 10.2 Å². The largest absolute Gasteiger partial charge is 0.354 e. The first kappa shape index (κ1) is 14.8. The summed E-state index contributed by atoms with van der Waals surface area (Å²) in [5, 5.41) is 3.52. The Morgan fingerprint density at radius 1 is 1.19 bits per heavy atom. The summed E-state index contributed by atoms with van der Waals surface area (Å²) < 4.78 is 0. The second-order valence-electron chi connectivity index (χ2n) is 6.37. The molecular weight excluding hydrogens is 260 g/mol. The van der Waals surface area contributed by atoms with Gasteiger partial charge in [0.05, 0.1) is 0 Å². The number of piperazine rings is 1. The first-order chi connectivity index (χ1) is 10.4. The van der Waals surface area contributed by atoms with Gasteiger partial charge in [-0.3, -0.25) is 4.90 Å². The molecule has 2 aliphatic rings. The van der Waals surface area contributed by atoms with Crippen LogP contribution in [-0.4, -0.2) is 55.7 Å². The van der Waals surface area contributed by atoms with Gasteiger partial charge in [0.1, 0.15) is 5.82 Å². The van der Waals surface area contributed by atoms with Crippen LogP contribution in [0.5, 0.6) is 0 Å². The molecule has 4 nitrogen and oxygen atoms in total. The Balaban J connectivity index is 1.34. The number of nitrogens with one attached hydrogen (secondary N) is 1. The van der Waals surface area contributed by atoms with Crippen LogP contribution in [0.25, 0.3) is 0 Å². The molecule has 116 valence electrons. The number of piperidine rings is 1. The van der Waals surface area contributed by atoms with Gasteiger partial charge in [0.2, 0.25) is 0 Å². The van der Waals surface area contributed by atoms with Gasteiger partial charge in [0.25, 0.3) is 0 Å². The first-order valence-corrected chi connectivity index (χ1v) is 8.51. The lowest BCUT2D eigenvalue weighted by molar-refractivity contribution is 0.240. The number of hydrogen-bond donors (Lipinski definition) is 1. The first-order valence-electron chi connectivity index (χ1n) is 8.51. The standard InChI is InChI=1S/C17H28N4/c1-2-9-19-17(7-1)21-13-11-20(12-14-21)10-4-6-16-5-3-8-18-15-16/h1-2,7,9,16,18H,3-6,8,10-15H2. The normalized spacial score (nSPS) is 24.2. The summed E-state index contributed by atoms with van der Waals surface area (Å²) in [6, 6.07) is 6.18. The predicted octanol–water partition coefficient (Wildman–Crippen LogP) is 1.98. The molecule has 1 atom stereocenters. The number of hydrogen-bond acceptors (Lipinski definition) is 4. The summed E-state index contributed by atoms with van der Waals surface area (Å²) in [6.07, 6.45) is 7.44. The third kappa shape index (κ3) is 4.42. The van der Waals surface area contributed by atoms with Crippen molar-refractivity contribution >= 4 is 5.82 Å². The molecule has 0 saturated carbocycles. The summed E-state index contributed by atoms with van der Waals surface area (Å²) in [5.74, 6) is 2.05. The van der Waals surface area contributed by atoms with E-state index >= 15 is 0 Å². The summed E-state index contributed by atoms with van der Waals surface area (Å²) in [4.78, 5) is 9.48. The number of anilines is 1. The minimum atomic E-state index is 0.925. The maximum Gasteiger partial charge on any atom is 0.128 e. The molecule has 0 bridgehead atoms. The fourth-order valence-corrected chi connectivity index (χ4v) is 3.52. The van der Waals surface area contributed by atoms with Crippen molar-refractivity contribution in [3.63, 3.8) is 0 Å². The van der Waals surface area contributed by atoms with E-state index in [0.29, 0.717) is 0 Å². The SMILES string of the molecule is c1ccc(N2CCN(CCCC3CCCNC3)CC2)nc1. The van der Waals surface area contributed by atoms with E-state index in [0.717, 1.165) is 24.8 Å². The van der Waals surface area contributed by atoms with Gasteiger partial charge in [0.15, 0.2) is 0 Å². The van der Waals surface area contributed by atoms with Crippen molar-refractivity contribution in [2.75, 3.05) is 50.7 Å². The van der Waals surface area contributed by atoms with Crippen LogP contribution in [0.4, 0.5) is 5.82 Å². The van der Waals surface area contributed by atoms with Crippen molar-refractivity contribution in [3.8, 4) is 0 Å². The monoisotopic (exact) mass is 288 g/mol. The maximum atomic E-state index is 4.45. The molecule has 0 radical (unpaired) electrons. The minimum absolute atomic E-state index is 0.925. The molecule has 2 aliphatic heterocycles. The van der Waals surface area contributed by atoms with E-state index in [2.05, 4.69) is 32.2 Å². The molecule has 0 aromatic carbocycles. The summed E-state index contributed by atoms with van der Waals surface area (Å²) in [7, 11) is 0. The van der Waals surface area contributed by atoms with Gasteiger partial charge < -0.3 is 10.2 Å². The molecule has 2 saturated heterocycles. The Morgan fingerprint density at radius 3 is 2.81 bits per heavy atom. The molecule has 1 N–H and O–H groups in total. The molecular formula is C17H28N4. The lowest BCUT2D eigenvalue weighted by atomic mass is 9.94. The minimum Gasteiger partial charge on any atom is -0.354 e. The highest BCUT2D eigenvalue weighted by atomic mass is 15.3. The smallest absolute Gasteiger partial charge is 0.128 e. The average Bonchev–Trinajstić information content (AvgIpc) is 2.57. The Labute approximate surface area is 128 Å². The van der Waals surface area contributed by atoms with Crippen molar-refractivity contribution in [2.45, 2.75) is 25.7 Å². The van der Waals surface area contributed by atoms with Gasteiger partial charge in [-0.1, -0.05) is 6.07 Å². The van der Waals surface area contributed by atoms with E-state index in [1.807, 2.05) is 12.3 Å². The van der Waals surface area contributed by atoms with Gasteiger partial charge in [-0.25, -0.2) is 4.98 Å². The van der Waals surface area contributed by atoms with E-state index < -0.39 is 0 Å². The molecule has 21 heavy (non-hydrogen) atoms.